The maximum atomic E-state index is 13.6. The molecule has 3 aromatic rings. The zero-order valence-corrected chi connectivity index (χ0v) is 16.7. The second-order valence-corrected chi connectivity index (χ2v) is 6.78. The van der Waals surface area contributed by atoms with Gasteiger partial charge in [0.2, 0.25) is 0 Å². The Labute approximate surface area is 177 Å². The van der Waals surface area contributed by atoms with Gasteiger partial charge in [-0.05, 0) is 30.5 Å². The molecule has 1 atom stereocenters. The number of hydrogen-bond acceptors (Lipinski definition) is 4. The zero-order chi connectivity index (χ0) is 22.4. The lowest BCUT2D eigenvalue weighted by Crippen LogP contribution is -2.32. The topological polar surface area (TPSA) is 84.5 Å². The molecule has 0 aromatic heterocycles. The Morgan fingerprint density at radius 3 is 2.52 bits per heavy atom. The van der Waals surface area contributed by atoms with Crippen molar-refractivity contribution in [2.24, 2.45) is 0 Å². The van der Waals surface area contributed by atoms with E-state index in [-0.39, 0.29) is 18.5 Å². The van der Waals surface area contributed by atoms with E-state index in [0.29, 0.717) is 11.8 Å². The minimum absolute atomic E-state index is 0.133. The number of anilines is 1. The largest absolute Gasteiger partial charge is 0.452 e. The first-order valence-electron chi connectivity index (χ1n) is 9.56. The van der Waals surface area contributed by atoms with Crippen LogP contribution in [0, 0.1) is 11.6 Å². The smallest absolute Gasteiger partial charge is 0.308 e. The van der Waals surface area contributed by atoms with Crippen molar-refractivity contribution >= 4 is 34.2 Å². The normalized spacial score (nSPS) is 11.6. The van der Waals surface area contributed by atoms with Gasteiger partial charge in [-0.15, -0.1) is 0 Å². The summed E-state index contributed by atoms with van der Waals surface area (Å²) in [6.45, 7) is 1.30. The molecule has 0 aliphatic rings. The van der Waals surface area contributed by atoms with Crippen LogP contribution in [0.5, 0.6) is 0 Å². The minimum Gasteiger partial charge on any atom is -0.452 e. The molecule has 0 spiro atoms. The molecule has 0 saturated carbocycles. The molecule has 0 fully saturated rings. The predicted molar refractivity (Wildman–Crippen MR) is 111 cm³/mol. The molecule has 1 unspecified atom stereocenters. The number of halogens is 2. The van der Waals surface area contributed by atoms with Gasteiger partial charge in [0, 0.05) is 23.7 Å². The lowest BCUT2D eigenvalue weighted by atomic mass is 10.1. The van der Waals surface area contributed by atoms with Crippen LogP contribution in [-0.4, -0.2) is 30.4 Å². The van der Waals surface area contributed by atoms with Gasteiger partial charge in [0.25, 0.3) is 11.8 Å². The number of benzene rings is 3. The van der Waals surface area contributed by atoms with Crippen molar-refractivity contribution in [3.8, 4) is 0 Å². The van der Waals surface area contributed by atoms with Gasteiger partial charge in [-0.1, -0.05) is 36.4 Å². The van der Waals surface area contributed by atoms with E-state index >= 15 is 0 Å². The third-order valence-corrected chi connectivity index (χ3v) is 4.52. The molecule has 0 bridgehead atoms. The summed E-state index contributed by atoms with van der Waals surface area (Å²) in [6.07, 6.45) is -1.28. The average molecular weight is 426 g/mol. The summed E-state index contributed by atoms with van der Waals surface area (Å²) < 4.78 is 31.6. The van der Waals surface area contributed by atoms with Crippen LogP contribution < -0.4 is 10.6 Å². The van der Waals surface area contributed by atoms with E-state index in [0.717, 1.165) is 22.9 Å². The molecule has 2 amide bonds. The fourth-order valence-corrected chi connectivity index (χ4v) is 2.93. The number of ether oxygens (including phenoxy) is 1. The number of fused-ring (bicyclic) bond motifs is 1. The Hall–Kier alpha value is -3.81. The molecule has 0 saturated heterocycles. The molecule has 0 aliphatic carbocycles. The maximum absolute atomic E-state index is 13.6. The average Bonchev–Trinajstić information content (AvgIpc) is 2.73. The van der Waals surface area contributed by atoms with E-state index in [4.69, 9.17) is 4.74 Å². The van der Waals surface area contributed by atoms with Crippen molar-refractivity contribution in [3.63, 3.8) is 0 Å². The van der Waals surface area contributed by atoms with E-state index in [1.165, 1.54) is 6.92 Å². The number of carbonyl (C=O) groups is 3. The minimum atomic E-state index is -1.06. The first-order valence-corrected chi connectivity index (χ1v) is 9.56. The number of carbonyl (C=O) groups excluding carboxylic acids is 3. The highest BCUT2D eigenvalue weighted by Crippen LogP contribution is 2.23. The van der Waals surface area contributed by atoms with E-state index in [2.05, 4.69) is 10.6 Å². The molecular formula is C23H20F2N2O4. The number of nitrogens with one attached hydrogen (secondary N) is 2. The number of esters is 1. The van der Waals surface area contributed by atoms with E-state index in [1.54, 1.807) is 12.1 Å². The third kappa shape index (κ3) is 5.63. The molecule has 0 aliphatic heterocycles. The zero-order valence-electron chi connectivity index (χ0n) is 16.7. The van der Waals surface area contributed by atoms with Crippen LogP contribution in [0.4, 0.5) is 14.5 Å². The Morgan fingerprint density at radius 2 is 1.74 bits per heavy atom. The van der Waals surface area contributed by atoms with E-state index in [1.807, 2.05) is 30.3 Å². The molecule has 3 rings (SSSR count). The molecule has 160 valence electrons. The summed E-state index contributed by atoms with van der Waals surface area (Å²) in [5, 5.41) is 6.90. The van der Waals surface area contributed by atoms with Gasteiger partial charge >= 0.3 is 5.97 Å². The van der Waals surface area contributed by atoms with Gasteiger partial charge < -0.3 is 15.4 Å². The van der Waals surface area contributed by atoms with Crippen molar-refractivity contribution in [2.75, 3.05) is 11.9 Å². The fraction of sp³-hybridized carbons (Fsp3) is 0.174. The summed E-state index contributed by atoms with van der Waals surface area (Å²) >= 11 is 0. The second-order valence-electron chi connectivity index (χ2n) is 6.78. The number of hydrogen-bond donors (Lipinski definition) is 2. The summed E-state index contributed by atoms with van der Waals surface area (Å²) in [5.74, 6) is -3.79. The summed E-state index contributed by atoms with van der Waals surface area (Å²) in [5.41, 5.74) is 0.261. The second kappa shape index (κ2) is 9.80. The molecule has 31 heavy (non-hydrogen) atoms. The first-order chi connectivity index (χ1) is 14.8. The Bertz CT molecular complexity index is 1130. The van der Waals surface area contributed by atoms with Crippen molar-refractivity contribution in [3.05, 3.63) is 77.9 Å². The summed E-state index contributed by atoms with van der Waals surface area (Å²) in [4.78, 5) is 36.3. The standard InChI is InChI=1S/C23H20F2N2O4/c1-14(22(29)27-20-8-4-6-15-5-2-3-7-17(15)20)31-21(28)11-12-26-23(30)18-10-9-16(24)13-19(18)25/h2-10,13-14H,11-12H2,1H3,(H,26,30)(H,27,29). The molecular weight excluding hydrogens is 406 g/mol. The highest BCUT2D eigenvalue weighted by molar-refractivity contribution is 6.03. The molecule has 8 heteroatoms. The van der Waals surface area contributed by atoms with E-state index in [9.17, 15) is 23.2 Å². The monoisotopic (exact) mass is 426 g/mol. The van der Waals surface area contributed by atoms with Crippen LogP contribution in [0.2, 0.25) is 0 Å². The molecule has 0 radical (unpaired) electrons. The Balaban J connectivity index is 1.48. The van der Waals surface area contributed by atoms with Crippen LogP contribution in [0.25, 0.3) is 10.8 Å². The van der Waals surface area contributed by atoms with E-state index < -0.39 is 35.5 Å². The highest BCUT2D eigenvalue weighted by atomic mass is 19.1. The van der Waals surface area contributed by atoms with Gasteiger partial charge in [-0.25, -0.2) is 8.78 Å². The van der Waals surface area contributed by atoms with Crippen LogP contribution in [0.1, 0.15) is 23.7 Å². The Morgan fingerprint density at radius 1 is 1.00 bits per heavy atom. The lowest BCUT2D eigenvalue weighted by molar-refractivity contribution is -0.153. The van der Waals surface area contributed by atoms with Gasteiger partial charge in [0.15, 0.2) is 6.10 Å². The summed E-state index contributed by atoms with van der Waals surface area (Å²) in [7, 11) is 0. The lowest BCUT2D eigenvalue weighted by Gasteiger charge is -2.15. The molecule has 0 heterocycles. The van der Waals surface area contributed by atoms with Gasteiger partial charge in [0.05, 0.1) is 12.0 Å². The SMILES string of the molecule is CC(OC(=O)CCNC(=O)c1ccc(F)cc1F)C(=O)Nc1cccc2ccccc12. The van der Waals surface area contributed by atoms with Gasteiger partial charge in [0.1, 0.15) is 11.6 Å². The van der Waals surface area contributed by atoms with Crippen LogP contribution in [-0.2, 0) is 14.3 Å². The van der Waals surface area contributed by atoms with Gasteiger partial charge in [-0.3, -0.25) is 14.4 Å². The Kier molecular flexibility index (Phi) is 6.92. The van der Waals surface area contributed by atoms with Crippen molar-refractivity contribution in [1.29, 1.82) is 0 Å². The molecule has 3 aromatic carbocycles. The molecule has 6 nitrogen and oxygen atoms in total. The van der Waals surface area contributed by atoms with Crippen molar-refractivity contribution < 1.29 is 27.9 Å². The van der Waals surface area contributed by atoms with Crippen molar-refractivity contribution in [2.45, 2.75) is 19.4 Å². The van der Waals surface area contributed by atoms with Crippen molar-refractivity contribution in [1.82, 2.24) is 5.32 Å². The third-order valence-electron chi connectivity index (χ3n) is 4.52. The predicted octanol–water partition coefficient (Wildman–Crippen LogP) is 3.81. The molecule has 2 N–H and O–H groups in total. The summed E-state index contributed by atoms with van der Waals surface area (Å²) in [6, 6.07) is 15.6. The number of amides is 2. The maximum Gasteiger partial charge on any atom is 0.308 e. The van der Waals surface area contributed by atoms with Crippen LogP contribution in [0.15, 0.2) is 60.7 Å². The van der Waals surface area contributed by atoms with Crippen LogP contribution >= 0.6 is 0 Å². The number of rotatable bonds is 7. The fourth-order valence-electron chi connectivity index (χ4n) is 2.93. The highest BCUT2D eigenvalue weighted by Gasteiger charge is 2.19. The van der Waals surface area contributed by atoms with Gasteiger partial charge in [-0.2, -0.15) is 0 Å². The quantitative estimate of drug-likeness (QED) is 0.563. The van der Waals surface area contributed by atoms with Crippen LogP contribution in [0.3, 0.4) is 0 Å². The first kappa shape index (κ1) is 21.9.